The summed E-state index contributed by atoms with van der Waals surface area (Å²) >= 11 is 0. The number of nitrogens with two attached hydrogens (primary N) is 1. The van der Waals surface area contributed by atoms with E-state index >= 15 is 0 Å². The molecule has 1 aromatic heterocycles. The van der Waals surface area contributed by atoms with Gasteiger partial charge in [-0.05, 0) is 6.42 Å². The summed E-state index contributed by atoms with van der Waals surface area (Å²) in [5.74, 6) is -0.598. The minimum atomic E-state index is -0.866. The molecule has 1 aromatic carbocycles. The number of aryl methyl sites for hydroxylation is 1. The predicted molar refractivity (Wildman–Crippen MR) is 74.3 cm³/mol. The van der Waals surface area contributed by atoms with Crippen molar-refractivity contribution in [2.24, 2.45) is 0 Å². The van der Waals surface area contributed by atoms with Gasteiger partial charge in [-0.3, -0.25) is 9.59 Å². The molecule has 6 heteroatoms. The number of hydrogen-bond donors (Lipinski definition) is 2. The van der Waals surface area contributed by atoms with E-state index in [1.165, 1.54) is 4.68 Å². The third kappa shape index (κ3) is 2.85. The van der Waals surface area contributed by atoms with Gasteiger partial charge in [0.15, 0.2) is 6.29 Å². The zero-order valence-electron chi connectivity index (χ0n) is 10.8. The number of carboxylic acid groups (broad SMARTS) is 1. The lowest BCUT2D eigenvalue weighted by Gasteiger charge is -2.01. The van der Waals surface area contributed by atoms with Gasteiger partial charge in [-0.25, -0.2) is 4.68 Å². The summed E-state index contributed by atoms with van der Waals surface area (Å²) < 4.78 is 1.48. The Kier molecular flexibility index (Phi) is 4.14. The number of anilines is 1. The molecule has 0 unspecified atom stereocenters. The minimum Gasteiger partial charge on any atom is -0.481 e. The standard InChI is InChI=1S/C14H15N3O3/c15-14-11(9-18)13(10-5-2-1-3-6-10)16-17(14)8-4-7-12(19)20/h1-3,5-6,9H,4,7-8,15H2,(H,19,20). The van der Waals surface area contributed by atoms with E-state index in [2.05, 4.69) is 5.10 Å². The average Bonchev–Trinajstić information content (AvgIpc) is 2.76. The van der Waals surface area contributed by atoms with Crippen molar-refractivity contribution in [3.05, 3.63) is 35.9 Å². The van der Waals surface area contributed by atoms with Crippen LogP contribution in [0.4, 0.5) is 5.82 Å². The molecule has 0 spiro atoms. The molecule has 0 saturated carbocycles. The van der Waals surface area contributed by atoms with E-state index in [0.29, 0.717) is 30.5 Å². The Labute approximate surface area is 115 Å². The number of rotatable bonds is 6. The van der Waals surface area contributed by atoms with Gasteiger partial charge in [0.2, 0.25) is 0 Å². The van der Waals surface area contributed by atoms with Crippen LogP contribution in [0.3, 0.4) is 0 Å². The van der Waals surface area contributed by atoms with Gasteiger partial charge in [-0.2, -0.15) is 5.10 Å². The second kappa shape index (κ2) is 6.01. The molecule has 0 atom stereocenters. The molecule has 104 valence electrons. The summed E-state index contributed by atoms with van der Waals surface area (Å²) in [6, 6.07) is 9.26. The van der Waals surface area contributed by atoms with Crippen molar-refractivity contribution >= 4 is 18.1 Å². The summed E-state index contributed by atoms with van der Waals surface area (Å²) in [4.78, 5) is 21.7. The third-order valence-corrected chi connectivity index (χ3v) is 2.96. The molecule has 0 radical (unpaired) electrons. The quantitative estimate of drug-likeness (QED) is 0.782. The fourth-order valence-corrected chi connectivity index (χ4v) is 1.96. The zero-order valence-corrected chi connectivity index (χ0v) is 10.8. The predicted octanol–water partition coefficient (Wildman–Crippen LogP) is 1.81. The lowest BCUT2D eigenvalue weighted by atomic mass is 10.1. The molecule has 0 amide bonds. The highest BCUT2D eigenvalue weighted by Crippen LogP contribution is 2.25. The molecule has 3 N–H and O–H groups in total. The molecule has 0 aliphatic heterocycles. The Balaban J connectivity index is 2.30. The van der Waals surface area contributed by atoms with Gasteiger partial charge in [0.1, 0.15) is 11.5 Å². The molecule has 2 aromatic rings. The van der Waals surface area contributed by atoms with Gasteiger partial charge in [0.25, 0.3) is 0 Å². The fourth-order valence-electron chi connectivity index (χ4n) is 1.96. The molecule has 20 heavy (non-hydrogen) atoms. The Morgan fingerprint density at radius 1 is 1.35 bits per heavy atom. The van der Waals surface area contributed by atoms with Crippen LogP contribution in [0, 0.1) is 0 Å². The Hall–Kier alpha value is -2.63. The van der Waals surface area contributed by atoms with Gasteiger partial charge in [-0.15, -0.1) is 0 Å². The highest BCUT2D eigenvalue weighted by atomic mass is 16.4. The maximum atomic E-state index is 11.2. The number of nitrogen functional groups attached to an aromatic ring is 1. The summed E-state index contributed by atoms with van der Waals surface area (Å²) in [5, 5.41) is 12.9. The van der Waals surface area contributed by atoms with Crippen LogP contribution in [0.5, 0.6) is 0 Å². The van der Waals surface area contributed by atoms with E-state index in [0.717, 1.165) is 5.56 Å². The summed E-state index contributed by atoms with van der Waals surface area (Å²) in [6.45, 7) is 0.367. The van der Waals surface area contributed by atoms with Gasteiger partial charge < -0.3 is 10.8 Å². The van der Waals surface area contributed by atoms with Crippen LogP contribution in [0.15, 0.2) is 30.3 Å². The second-order valence-electron chi connectivity index (χ2n) is 4.35. The monoisotopic (exact) mass is 273 g/mol. The number of aliphatic carboxylic acids is 1. The Bertz CT molecular complexity index is 620. The van der Waals surface area contributed by atoms with Crippen LogP contribution in [-0.4, -0.2) is 27.1 Å². The zero-order chi connectivity index (χ0) is 14.5. The first-order chi connectivity index (χ1) is 9.63. The van der Waals surface area contributed by atoms with Crippen molar-refractivity contribution in [2.45, 2.75) is 19.4 Å². The first kappa shape index (κ1) is 13.8. The van der Waals surface area contributed by atoms with Crippen LogP contribution in [0.1, 0.15) is 23.2 Å². The van der Waals surface area contributed by atoms with Gasteiger partial charge >= 0.3 is 5.97 Å². The topological polar surface area (TPSA) is 98.2 Å². The first-order valence-corrected chi connectivity index (χ1v) is 6.22. The van der Waals surface area contributed by atoms with Crippen LogP contribution < -0.4 is 5.73 Å². The van der Waals surface area contributed by atoms with E-state index < -0.39 is 5.97 Å². The van der Waals surface area contributed by atoms with Crippen LogP contribution >= 0.6 is 0 Å². The summed E-state index contributed by atoms with van der Waals surface area (Å²) in [5.41, 5.74) is 7.56. The number of nitrogens with zero attached hydrogens (tertiary/aromatic N) is 2. The van der Waals surface area contributed by atoms with Gasteiger partial charge in [-0.1, -0.05) is 30.3 Å². The van der Waals surface area contributed by atoms with Crippen LogP contribution in [0.2, 0.25) is 0 Å². The molecule has 0 aliphatic carbocycles. The van der Waals surface area contributed by atoms with Crippen molar-refractivity contribution in [1.29, 1.82) is 0 Å². The van der Waals surface area contributed by atoms with Crippen molar-refractivity contribution in [3.8, 4) is 11.3 Å². The lowest BCUT2D eigenvalue weighted by Crippen LogP contribution is -2.07. The Morgan fingerprint density at radius 3 is 2.65 bits per heavy atom. The maximum Gasteiger partial charge on any atom is 0.303 e. The van der Waals surface area contributed by atoms with Gasteiger partial charge in [0, 0.05) is 18.5 Å². The number of aromatic nitrogens is 2. The lowest BCUT2D eigenvalue weighted by molar-refractivity contribution is -0.137. The second-order valence-corrected chi connectivity index (χ2v) is 4.35. The van der Waals surface area contributed by atoms with Crippen LogP contribution in [-0.2, 0) is 11.3 Å². The summed E-state index contributed by atoms with van der Waals surface area (Å²) in [7, 11) is 0. The number of benzene rings is 1. The van der Waals surface area contributed by atoms with Crippen molar-refractivity contribution < 1.29 is 14.7 Å². The molecule has 0 aliphatic rings. The van der Waals surface area contributed by atoms with E-state index in [9.17, 15) is 9.59 Å². The van der Waals surface area contributed by atoms with E-state index in [1.807, 2.05) is 30.3 Å². The van der Waals surface area contributed by atoms with E-state index in [-0.39, 0.29) is 12.2 Å². The first-order valence-electron chi connectivity index (χ1n) is 6.22. The number of carbonyl (C=O) groups excluding carboxylic acids is 1. The number of hydrogen-bond acceptors (Lipinski definition) is 4. The highest BCUT2D eigenvalue weighted by Gasteiger charge is 2.16. The van der Waals surface area contributed by atoms with Crippen LogP contribution in [0.25, 0.3) is 11.3 Å². The fraction of sp³-hybridized carbons (Fsp3) is 0.214. The molecule has 6 nitrogen and oxygen atoms in total. The molecule has 1 heterocycles. The molecule has 2 rings (SSSR count). The largest absolute Gasteiger partial charge is 0.481 e. The molecule has 0 saturated heterocycles. The molecular weight excluding hydrogens is 258 g/mol. The number of carboxylic acids is 1. The Morgan fingerprint density at radius 2 is 2.05 bits per heavy atom. The highest BCUT2D eigenvalue weighted by molar-refractivity contribution is 5.91. The van der Waals surface area contributed by atoms with E-state index in [4.69, 9.17) is 10.8 Å². The number of aldehydes is 1. The normalized spacial score (nSPS) is 10.4. The molecular formula is C14H15N3O3. The van der Waals surface area contributed by atoms with E-state index in [1.54, 1.807) is 0 Å². The summed E-state index contributed by atoms with van der Waals surface area (Å²) in [6.07, 6.45) is 1.13. The average molecular weight is 273 g/mol. The number of carbonyl (C=O) groups is 2. The minimum absolute atomic E-state index is 0.0381. The molecule has 0 fully saturated rings. The molecule has 0 bridgehead atoms. The maximum absolute atomic E-state index is 11.2. The van der Waals surface area contributed by atoms with Gasteiger partial charge in [0.05, 0.1) is 5.56 Å². The smallest absolute Gasteiger partial charge is 0.303 e. The van der Waals surface area contributed by atoms with Crippen molar-refractivity contribution in [2.75, 3.05) is 5.73 Å². The van der Waals surface area contributed by atoms with Crippen molar-refractivity contribution in [1.82, 2.24) is 9.78 Å². The third-order valence-electron chi connectivity index (χ3n) is 2.96. The van der Waals surface area contributed by atoms with Crippen molar-refractivity contribution in [3.63, 3.8) is 0 Å². The SMILES string of the molecule is Nc1c(C=O)c(-c2ccccc2)nn1CCCC(=O)O.